The Labute approximate surface area is 122 Å². The number of nitrogens with zero attached hydrogens (tertiary/aromatic N) is 1. The van der Waals surface area contributed by atoms with E-state index in [2.05, 4.69) is 21.7 Å². The molecule has 2 heterocycles. The molecule has 2 aromatic rings. The van der Waals surface area contributed by atoms with Crippen molar-refractivity contribution in [3.8, 4) is 0 Å². The van der Waals surface area contributed by atoms with Crippen molar-refractivity contribution in [1.82, 2.24) is 15.6 Å². The van der Waals surface area contributed by atoms with E-state index in [1.165, 1.54) is 5.56 Å². The van der Waals surface area contributed by atoms with E-state index < -0.39 is 0 Å². The number of benzene rings is 1. The monoisotopic (exact) mass is 287 g/mol. The minimum atomic E-state index is -0.226. The Bertz CT molecular complexity index is 583. The fraction of sp³-hybridized carbons (Fsp3) is 0.333. The molecule has 20 heavy (non-hydrogen) atoms. The van der Waals surface area contributed by atoms with Gasteiger partial charge in [-0.05, 0) is 17.5 Å². The Morgan fingerprint density at radius 1 is 1.45 bits per heavy atom. The van der Waals surface area contributed by atoms with Crippen LogP contribution in [0.3, 0.4) is 0 Å². The number of aromatic nitrogens is 1. The summed E-state index contributed by atoms with van der Waals surface area (Å²) in [5.41, 5.74) is 5.22. The zero-order chi connectivity index (χ0) is 13.8. The number of fused-ring (bicyclic) bond motifs is 1. The molecule has 1 atom stereocenters. The average molecular weight is 287 g/mol. The molecule has 104 valence electrons. The van der Waals surface area contributed by atoms with Crippen LogP contribution in [-0.2, 0) is 17.6 Å². The van der Waals surface area contributed by atoms with Crippen LogP contribution in [0.4, 0.5) is 0 Å². The SMILES string of the molecule is O=C(NCCc1cscn1)C1NCCc2ccccc21. The van der Waals surface area contributed by atoms with Gasteiger partial charge in [0.25, 0.3) is 0 Å². The molecule has 0 fully saturated rings. The third-order valence-electron chi connectivity index (χ3n) is 3.53. The molecule has 0 bridgehead atoms. The summed E-state index contributed by atoms with van der Waals surface area (Å²) >= 11 is 1.58. The van der Waals surface area contributed by atoms with Gasteiger partial charge in [-0.25, -0.2) is 4.98 Å². The zero-order valence-corrected chi connectivity index (χ0v) is 12.0. The third-order valence-corrected chi connectivity index (χ3v) is 4.17. The quantitative estimate of drug-likeness (QED) is 0.900. The molecule has 0 saturated carbocycles. The highest BCUT2D eigenvalue weighted by Gasteiger charge is 2.25. The Kier molecular flexibility index (Phi) is 4.08. The standard InChI is InChI=1S/C15H17N3OS/c19-15(17-8-6-12-9-20-10-18-12)14-13-4-2-1-3-11(13)5-7-16-14/h1-4,9-10,14,16H,5-8H2,(H,17,19). The Morgan fingerprint density at radius 2 is 2.35 bits per heavy atom. The van der Waals surface area contributed by atoms with Crippen molar-refractivity contribution in [2.75, 3.05) is 13.1 Å². The van der Waals surface area contributed by atoms with Gasteiger partial charge < -0.3 is 10.6 Å². The lowest BCUT2D eigenvalue weighted by Crippen LogP contribution is -2.42. The molecular weight excluding hydrogens is 270 g/mol. The topological polar surface area (TPSA) is 54.0 Å². The number of hydrogen-bond acceptors (Lipinski definition) is 4. The summed E-state index contributed by atoms with van der Waals surface area (Å²) < 4.78 is 0. The number of rotatable bonds is 4. The second-order valence-corrected chi connectivity index (χ2v) is 5.58. The van der Waals surface area contributed by atoms with Gasteiger partial charge in [-0.2, -0.15) is 0 Å². The highest BCUT2D eigenvalue weighted by molar-refractivity contribution is 7.07. The van der Waals surface area contributed by atoms with Crippen LogP contribution in [0.15, 0.2) is 35.2 Å². The predicted octanol–water partition coefficient (Wildman–Crippen LogP) is 1.69. The summed E-state index contributed by atoms with van der Waals surface area (Å²) in [6.07, 6.45) is 1.77. The molecule has 1 aliphatic rings. The molecule has 0 radical (unpaired) electrons. The number of hydrogen-bond donors (Lipinski definition) is 2. The molecule has 0 aliphatic carbocycles. The van der Waals surface area contributed by atoms with Gasteiger partial charge >= 0.3 is 0 Å². The van der Waals surface area contributed by atoms with E-state index in [4.69, 9.17) is 0 Å². The fourth-order valence-electron chi connectivity index (χ4n) is 2.52. The summed E-state index contributed by atoms with van der Waals surface area (Å²) in [6.45, 7) is 1.48. The van der Waals surface area contributed by atoms with Crippen molar-refractivity contribution in [3.05, 3.63) is 52.0 Å². The Morgan fingerprint density at radius 3 is 3.20 bits per heavy atom. The highest BCUT2D eigenvalue weighted by Crippen LogP contribution is 2.22. The minimum Gasteiger partial charge on any atom is -0.354 e. The number of carbonyl (C=O) groups excluding carboxylic acids is 1. The second-order valence-electron chi connectivity index (χ2n) is 4.86. The van der Waals surface area contributed by atoms with Crippen LogP contribution >= 0.6 is 11.3 Å². The van der Waals surface area contributed by atoms with Crippen LogP contribution in [0.5, 0.6) is 0 Å². The summed E-state index contributed by atoms with van der Waals surface area (Å²) in [5.74, 6) is 0.0485. The van der Waals surface area contributed by atoms with E-state index in [0.29, 0.717) is 6.54 Å². The summed E-state index contributed by atoms with van der Waals surface area (Å²) in [7, 11) is 0. The Balaban J connectivity index is 1.60. The molecule has 3 rings (SSSR count). The molecular formula is C15H17N3OS. The number of amides is 1. The number of nitrogens with one attached hydrogen (secondary N) is 2. The van der Waals surface area contributed by atoms with E-state index >= 15 is 0 Å². The third kappa shape index (κ3) is 2.89. The van der Waals surface area contributed by atoms with Gasteiger partial charge in [0.05, 0.1) is 11.2 Å². The van der Waals surface area contributed by atoms with Gasteiger partial charge in [-0.1, -0.05) is 24.3 Å². The molecule has 2 N–H and O–H groups in total. The van der Waals surface area contributed by atoms with Gasteiger partial charge in [0.1, 0.15) is 6.04 Å². The van der Waals surface area contributed by atoms with Crippen LogP contribution in [0.2, 0.25) is 0 Å². The minimum absolute atomic E-state index is 0.0485. The predicted molar refractivity (Wildman–Crippen MR) is 79.7 cm³/mol. The molecule has 5 heteroatoms. The van der Waals surface area contributed by atoms with Crippen molar-refractivity contribution in [2.24, 2.45) is 0 Å². The lowest BCUT2D eigenvalue weighted by Gasteiger charge is -2.26. The molecule has 1 aromatic carbocycles. The van der Waals surface area contributed by atoms with E-state index in [0.717, 1.165) is 30.6 Å². The molecule has 0 saturated heterocycles. The molecule has 1 unspecified atom stereocenters. The maximum atomic E-state index is 12.3. The molecule has 0 spiro atoms. The highest BCUT2D eigenvalue weighted by atomic mass is 32.1. The lowest BCUT2D eigenvalue weighted by molar-refractivity contribution is -0.123. The van der Waals surface area contributed by atoms with Gasteiger partial charge in [0.15, 0.2) is 0 Å². The number of thiazole rings is 1. The van der Waals surface area contributed by atoms with Crippen molar-refractivity contribution in [3.63, 3.8) is 0 Å². The van der Waals surface area contributed by atoms with Crippen molar-refractivity contribution < 1.29 is 4.79 Å². The summed E-state index contributed by atoms with van der Waals surface area (Å²) in [5, 5.41) is 8.30. The average Bonchev–Trinajstić information content (AvgIpc) is 3.00. The van der Waals surface area contributed by atoms with Gasteiger partial charge in [-0.15, -0.1) is 11.3 Å². The van der Waals surface area contributed by atoms with E-state index in [-0.39, 0.29) is 11.9 Å². The first-order chi connectivity index (χ1) is 9.84. The van der Waals surface area contributed by atoms with E-state index in [1.807, 2.05) is 29.1 Å². The molecule has 1 amide bonds. The smallest absolute Gasteiger partial charge is 0.241 e. The summed E-state index contributed by atoms with van der Waals surface area (Å²) in [6, 6.07) is 7.93. The van der Waals surface area contributed by atoms with E-state index in [9.17, 15) is 4.79 Å². The van der Waals surface area contributed by atoms with Crippen molar-refractivity contribution in [1.29, 1.82) is 0 Å². The normalized spacial score (nSPS) is 17.5. The van der Waals surface area contributed by atoms with Crippen LogP contribution in [-0.4, -0.2) is 24.0 Å². The van der Waals surface area contributed by atoms with Gasteiger partial charge in [0, 0.05) is 24.9 Å². The first-order valence-corrected chi connectivity index (χ1v) is 7.75. The van der Waals surface area contributed by atoms with E-state index in [1.54, 1.807) is 11.3 Å². The number of carbonyl (C=O) groups is 1. The van der Waals surface area contributed by atoms with Crippen LogP contribution < -0.4 is 10.6 Å². The molecule has 1 aromatic heterocycles. The summed E-state index contributed by atoms with van der Waals surface area (Å²) in [4.78, 5) is 16.5. The first-order valence-electron chi connectivity index (χ1n) is 6.80. The van der Waals surface area contributed by atoms with Crippen molar-refractivity contribution >= 4 is 17.2 Å². The fourth-order valence-corrected chi connectivity index (χ4v) is 3.11. The largest absolute Gasteiger partial charge is 0.354 e. The Hall–Kier alpha value is -1.72. The van der Waals surface area contributed by atoms with Crippen molar-refractivity contribution in [2.45, 2.75) is 18.9 Å². The molecule has 1 aliphatic heterocycles. The zero-order valence-electron chi connectivity index (χ0n) is 11.1. The van der Waals surface area contributed by atoms with Gasteiger partial charge in [0.2, 0.25) is 5.91 Å². The van der Waals surface area contributed by atoms with Crippen LogP contribution in [0, 0.1) is 0 Å². The molecule has 4 nitrogen and oxygen atoms in total. The maximum Gasteiger partial charge on any atom is 0.241 e. The maximum absolute atomic E-state index is 12.3. The first kappa shape index (κ1) is 13.3. The van der Waals surface area contributed by atoms with Crippen LogP contribution in [0.1, 0.15) is 22.9 Å². The lowest BCUT2D eigenvalue weighted by atomic mass is 9.94. The van der Waals surface area contributed by atoms with Crippen LogP contribution in [0.25, 0.3) is 0 Å². The second kappa shape index (κ2) is 6.15. The van der Waals surface area contributed by atoms with Gasteiger partial charge in [-0.3, -0.25) is 4.79 Å².